The van der Waals surface area contributed by atoms with Crippen LogP contribution in [0, 0.1) is 16.7 Å². The van der Waals surface area contributed by atoms with Gasteiger partial charge in [0.1, 0.15) is 0 Å². The summed E-state index contributed by atoms with van der Waals surface area (Å²) in [5.41, 5.74) is 6.25. The minimum absolute atomic E-state index is 0.00918. The highest BCUT2D eigenvalue weighted by molar-refractivity contribution is 7.89. The number of piperidine rings is 1. The number of hydrogen-bond acceptors (Lipinski definition) is 4. The van der Waals surface area contributed by atoms with Gasteiger partial charge in [-0.05, 0) is 36.1 Å². The molecule has 0 spiro atoms. The van der Waals surface area contributed by atoms with Gasteiger partial charge < -0.3 is 5.73 Å². The van der Waals surface area contributed by atoms with Gasteiger partial charge >= 0.3 is 0 Å². The highest BCUT2D eigenvalue weighted by Gasteiger charge is 2.38. The molecule has 0 aromatic heterocycles. The molecule has 5 nitrogen and oxygen atoms in total. The smallest absolute Gasteiger partial charge is 0.243 e. The van der Waals surface area contributed by atoms with Gasteiger partial charge in [0.2, 0.25) is 10.0 Å². The predicted octanol–water partition coefficient (Wildman–Crippen LogP) is 1.31. The maximum atomic E-state index is 12.6. The fraction of sp³-hybridized carbons (Fsp3) is 0.500. The summed E-state index contributed by atoms with van der Waals surface area (Å²) in [6.45, 7) is 4.82. The molecule has 1 aromatic rings. The molecule has 108 valence electrons. The van der Waals surface area contributed by atoms with Crippen molar-refractivity contribution in [1.82, 2.24) is 4.31 Å². The second kappa shape index (κ2) is 5.17. The number of benzene rings is 1. The van der Waals surface area contributed by atoms with E-state index in [1.165, 1.54) is 28.6 Å². The summed E-state index contributed by atoms with van der Waals surface area (Å²) < 4.78 is 26.7. The summed E-state index contributed by atoms with van der Waals surface area (Å²) in [5, 5.41) is 8.75. The van der Waals surface area contributed by atoms with Crippen LogP contribution in [0.2, 0.25) is 0 Å². The Morgan fingerprint density at radius 2 is 1.95 bits per heavy atom. The Bertz CT molecular complexity index is 629. The zero-order valence-corrected chi connectivity index (χ0v) is 12.5. The molecule has 1 atom stereocenters. The normalized spacial score (nSPS) is 23.2. The van der Waals surface area contributed by atoms with Crippen molar-refractivity contribution in [3.8, 4) is 6.07 Å². The first-order valence-corrected chi connectivity index (χ1v) is 7.97. The molecule has 0 saturated carbocycles. The van der Waals surface area contributed by atoms with Crippen LogP contribution < -0.4 is 5.73 Å². The zero-order valence-electron chi connectivity index (χ0n) is 11.7. The second-order valence-electron chi connectivity index (χ2n) is 5.86. The molecule has 0 aliphatic carbocycles. The largest absolute Gasteiger partial charge is 0.327 e. The van der Waals surface area contributed by atoms with Crippen LogP contribution in [0.4, 0.5) is 0 Å². The molecule has 1 aromatic carbocycles. The highest BCUT2D eigenvalue weighted by Crippen LogP contribution is 2.31. The van der Waals surface area contributed by atoms with E-state index in [0.717, 1.165) is 0 Å². The van der Waals surface area contributed by atoms with Gasteiger partial charge in [0, 0.05) is 19.1 Å². The molecule has 1 aliphatic heterocycles. The number of nitrogens with two attached hydrogens (primary N) is 1. The molecule has 6 heteroatoms. The lowest BCUT2D eigenvalue weighted by atomic mass is 9.81. The summed E-state index contributed by atoms with van der Waals surface area (Å²) in [6.07, 6.45) is 0.655. The monoisotopic (exact) mass is 293 g/mol. The first-order chi connectivity index (χ1) is 9.27. The van der Waals surface area contributed by atoms with Crippen LogP contribution in [-0.2, 0) is 10.0 Å². The van der Waals surface area contributed by atoms with Gasteiger partial charge in [-0.3, -0.25) is 0 Å². The number of nitrogens with zero attached hydrogens (tertiary/aromatic N) is 2. The Balaban J connectivity index is 2.29. The molecule has 1 saturated heterocycles. The average molecular weight is 293 g/mol. The van der Waals surface area contributed by atoms with E-state index >= 15 is 0 Å². The summed E-state index contributed by atoms with van der Waals surface area (Å²) >= 11 is 0. The molecule has 2 N–H and O–H groups in total. The Kier molecular flexibility index (Phi) is 3.87. The van der Waals surface area contributed by atoms with Crippen LogP contribution in [0.3, 0.4) is 0 Å². The Labute approximate surface area is 120 Å². The lowest BCUT2D eigenvalue weighted by molar-refractivity contribution is 0.155. The molecular weight excluding hydrogens is 274 g/mol. The van der Waals surface area contributed by atoms with Crippen molar-refractivity contribution in [3.63, 3.8) is 0 Å². The SMILES string of the molecule is CC1(C)CN(S(=O)(=O)c2ccc(C#N)cc2)CCC1N. The molecule has 1 heterocycles. The average Bonchev–Trinajstić information content (AvgIpc) is 2.41. The minimum atomic E-state index is -3.51. The number of hydrogen-bond donors (Lipinski definition) is 1. The van der Waals surface area contributed by atoms with E-state index < -0.39 is 10.0 Å². The maximum Gasteiger partial charge on any atom is 0.243 e. The van der Waals surface area contributed by atoms with Crippen molar-refractivity contribution in [2.75, 3.05) is 13.1 Å². The summed E-state index contributed by atoms with van der Waals surface area (Å²) in [4.78, 5) is 0.225. The number of sulfonamides is 1. The van der Waals surface area contributed by atoms with Crippen LogP contribution in [0.5, 0.6) is 0 Å². The van der Waals surface area contributed by atoms with Gasteiger partial charge in [-0.2, -0.15) is 9.57 Å². The molecule has 1 aliphatic rings. The zero-order chi connectivity index (χ0) is 15.0. The number of rotatable bonds is 2. The highest BCUT2D eigenvalue weighted by atomic mass is 32.2. The molecule has 2 rings (SSSR count). The first kappa shape index (κ1) is 15.0. The minimum Gasteiger partial charge on any atom is -0.327 e. The molecule has 20 heavy (non-hydrogen) atoms. The van der Waals surface area contributed by atoms with Crippen LogP contribution >= 0.6 is 0 Å². The van der Waals surface area contributed by atoms with Crippen molar-refractivity contribution < 1.29 is 8.42 Å². The summed E-state index contributed by atoms with van der Waals surface area (Å²) in [5.74, 6) is 0. The quantitative estimate of drug-likeness (QED) is 0.890. The van der Waals surface area contributed by atoms with Crippen molar-refractivity contribution in [2.24, 2.45) is 11.1 Å². The van der Waals surface area contributed by atoms with E-state index in [0.29, 0.717) is 25.1 Å². The molecular formula is C14H19N3O2S. The fourth-order valence-electron chi connectivity index (χ4n) is 2.38. The van der Waals surface area contributed by atoms with E-state index in [-0.39, 0.29) is 16.4 Å². The Hall–Kier alpha value is -1.42. The maximum absolute atomic E-state index is 12.6. The van der Waals surface area contributed by atoms with E-state index in [1.54, 1.807) is 0 Å². The van der Waals surface area contributed by atoms with Crippen molar-refractivity contribution >= 4 is 10.0 Å². The third-order valence-electron chi connectivity index (χ3n) is 3.90. The van der Waals surface area contributed by atoms with Gasteiger partial charge in [0.25, 0.3) is 0 Å². The van der Waals surface area contributed by atoms with E-state index in [2.05, 4.69) is 0 Å². The van der Waals surface area contributed by atoms with Gasteiger partial charge in [-0.25, -0.2) is 8.42 Å². The summed E-state index contributed by atoms with van der Waals surface area (Å²) in [6, 6.07) is 7.99. The Morgan fingerprint density at radius 1 is 1.35 bits per heavy atom. The topological polar surface area (TPSA) is 87.2 Å². The summed E-state index contributed by atoms with van der Waals surface area (Å²) in [7, 11) is -3.51. The first-order valence-electron chi connectivity index (χ1n) is 6.53. The van der Waals surface area contributed by atoms with Crippen LogP contribution in [-0.4, -0.2) is 31.9 Å². The van der Waals surface area contributed by atoms with Crippen molar-refractivity contribution in [2.45, 2.75) is 31.2 Å². The van der Waals surface area contributed by atoms with Gasteiger partial charge in [-0.15, -0.1) is 0 Å². The standard InChI is InChI=1S/C14H19N3O2S/c1-14(2)10-17(8-7-13(14)16)20(18,19)12-5-3-11(9-15)4-6-12/h3-6,13H,7-8,10,16H2,1-2H3. The predicted molar refractivity (Wildman–Crippen MR) is 76.3 cm³/mol. The molecule has 0 amide bonds. The van der Waals surface area contributed by atoms with Crippen LogP contribution in [0.1, 0.15) is 25.8 Å². The van der Waals surface area contributed by atoms with E-state index in [1.807, 2.05) is 19.9 Å². The van der Waals surface area contributed by atoms with Gasteiger partial charge in [0.05, 0.1) is 16.5 Å². The molecule has 1 unspecified atom stereocenters. The van der Waals surface area contributed by atoms with Crippen LogP contribution in [0.25, 0.3) is 0 Å². The molecule has 1 fully saturated rings. The Morgan fingerprint density at radius 3 is 2.45 bits per heavy atom. The van der Waals surface area contributed by atoms with E-state index in [9.17, 15) is 8.42 Å². The third-order valence-corrected chi connectivity index (χ3v) is 5.76. The van der Waals surface area contributed by atoms with Gasteiger partial charge in [-0.1, -0.05) is 13.8 Å². The number of nitriles is 1. The second-order valence-corrected chi connectivity index (χ2v) is 7.80. The van der Waals surface area contributed by atoms with E-state index in [4.69, 9.17) is 11.0 Å². The molecule has 0 bridgehead atoms. The fourth-order valence-corrected chi connectivity index (χ4v) is 4.01. The lowest BCUT2D eigenvalue weighted by Gasteiger charge is -2.41. The van der Waals surface area contributed by atoms with Crippen LogP contribution in [0.15, 0.2) is 29.2 Å². The van der Waals surface area contributed by atoms with Crippen molar-refractivity contribution in [1.29, 1.82) is 5.26 Å². The van der Waals surface area contributed by atoms with Gasteiger partial charge in [0.15, 0.2) is 0 Å². The molecule has 0 radical (unpaired) electrons. The lowest BCUT2D eigenvalue weighted by Crippen LogP contribution is -2.53. The van der Waals surface area contributed by atoms with Crippen molar-refractivity contribution in [3.05, 3.63) is 29.8 Å². The third kappa shape index (κ3) is 2.70.